The minimum atomic E-state index is -0.0680. The third-order valence-corrected chi connectivity index (χ3v) is 5.49. The quantitative estimate of drug-likeness (QED) is 0.736. The molecule has 1 aliphatic rings. The average Bonchev–Trinajstić information content (AvgIpc) is 2.68. The van der Waals surface area contributed by atoms with E-state index >= 15 is 0 Å². The smallest absolute Gasteiger partial charge is 0.238 e. The van der Waals surface area contributed by atoms with Gasteiger partial charge in [0.25, 0.3) is 0 Å². The maximum atomic E-state index is 12.3. The van der Waals surface area contributed by atoms with Crippen molar-refractivity contribution in [3.05, 3.63) is 63.6 Å². The summed E-state index contributed by atoms with van der Waals surface area (Å²) in [4.78, 5) is 16.6. The van der Waals surface area contributed by atoms with E-state index in [-0.39, 0.29) is 12.5 Å². The Morgan fingerprint density at radius 1 is 1.14 bits per heavy atom. The number of hydrogen-bond acceptors (Lipinski definition) is 4. The van der Waals surface area contributed by atoms with E-state index in [1.807, 2.05) is 36.2 Å². The number of likely N-dealkylation sites (N-methyl/N-ethyl adjacent to an activating group) is 1. The van der Waals surface area contributed by atoms with E-state index in [1.165, 1.54) is 5.56 Å². The highest BCUT2D eigenvalue weighted by molar-refractivity contribution is 6.42. The maximum Gasteiger partial charge on any atom is 0.238 e. The minimum absolute atomic E-state index is 0.0680. The molecule has 3 rings (SSSR count). The molecule has 1 N–H and O–H groups in total. The first-order chi connectivity index (χ1) is 13.5. The number of benzene rings is 2. The van der Waals surface area contributed by atoms with Gasteiger partial charge in [0, 0.05) is 31.9 Å². The predicted molar refractivity (Wildman–Crippen MR) is 114 cm³/mol. The molecule has 1 aliphatic heterocycles. The molecule has 1 saturated heterocycles. The van der Waals surface area contributed by atoms with Crippen molar-refractivity contribution in [2.24, 2.45) is 0 Å². The molecule has 0 radical (unpaired) electrons. The van der Waals surface area contributed by atoms with Gasteiger partial charge < -0.3 is 10.1 Å². The molecule has 0 unspecified atom stereocenters. The van der Waals surface area contributed by atoms with Gasteiger partial charge in [0.05, 0.1) is 29.8 Å². The van der Waals surface area contributed by atoms with Gasteiger partial charge in [-0.1, -0.05) is 47.5 Å². The third-order valence-electron chi connectivity index (χ3n) is 4.63. The fraction of sp³-hybridized carbons (Fsp3) is 0.381. The Balaban J connectivity index is 1.48. The lowest BCUT2D eigenvalue weighted by Gasteiger charge is -2.26. The van der Waals surface area contributed by atoms with Gasteiger partial charge in [0.15, 0.2) is 0 Å². The lowest BCUT2D eigenvalue weighted by molar-refractivity contribution is -0.117. The highest BCUT2D eigenvalue weighted by Gasteiger charge is 2.12. The zero-order valence-corrected chi connectivity index (χ0v) is 17.5. The van der Waals surface area contributed by atoms with Crippen molar-refractivity contribution in [3.8, 4) is 0 Å². The van der Waals surface area contributed by atoms with Crippen LogP contribution in [0, 0.1) is 0 Å². The van der Waals surface area contributed by atoms with Crippen LogP contribution in [0.1, 0.15) is 11.1 Å². The van der Waals surface area contributed by atoms with Crippen LogP contribution in [0.4, 0.5) is 5.69 Å². The molecule has 0 atom stereocenters. The van der Waals surface area contributed by atoms with Gasteiger partial charge in [-0.3, -0.25) is 14.6 Å². The number of carbonyl (C=O) groups is 1. The number of amides is 1. The molecule has 1 heterocycles. The molecule has 1 fully saturated rings. The summed E-state index contributed by atoms with van der Waals surface area (Å²) < 4.78 is 5.37. The van der Waals surface area contributed by atoms with Gasteiger partial charge in [0.1, 0.15) is 0 Å². The Labute approximate surface area is 176 Å². The second-order valence-corrected chi connectivity index (χ2v) is 7.80. The van der Waals surface area contributed by atoms with Crippen molar-refractivity contribution in [1.29, 1.82) is 0 Å². The van der Waals surface area contributed by atoms with Gasteiger partial charge >= 0.3 is 0 Å². The number of rotatable bonds is 7. The maximum absolute atomic E-state index is 12.3. The summed E-state index contributed by atoms with van der Waals surface area (Å²) in [6.07, 6.45) is 0. The Hall–Kier alpha value is -1.63. The van der Waals surface area contributed by atoms with Gasteiger partial charge in [-0.25, -0.2) is 0 Å². The monoisotopic (exact) mass is 421 g/mol. The molecule has 5 nitrogen and oxygen atoms in total. The fourth-order valence-electron chi connectivity index (χ4n) is 3.17. The zero-order valence-electron chi connectivity index (χ0n) is 16.0. The normalized spacial score (nSPS) is 15.0. The number of carbonyl (C=O) groups excluding carboxylic acids is 1. The van der Waals surface area contributed by atoms with Gasteiger partial charge in [-0.2, -0.15) is 0 Å². The molecule has 28 heavy (non-hydrogen) atoms. The average molecular weight is 422 g/mol. The van der Waals surface area contributed by atoms with Crippen LogP contribution in [-0.4, -0.2) is 55.6 Å². The van der Waals surface area contributed by atoms with Crippen LogP contribution in [0.2, 0.25) is 10.0 Å². The van der Waals surface area contributed by atoms with Crippen molar-refractivity contribution < 1.29 is 9.53 Å². The van der Waals surface area contributed by atoms with Crippen LogP contribution < -0.4 is 5.32 Å². The first-order valence-corrected chi connectivity index (χ1v) is 10.1. The summed E-state index contributed by atoms with van der Waals surface area (Å²) in [6.45, 7) is 5.22. The van der Waals surface area contributed by atoms with Gasteiger partial charge in [0.2, 0.25) is 5.91 Å². The second kappa shape index (κ2) is 10.2. The molecule has 0 bridgehead atoms. The van der Waals surface area contributed by atoms with Crippen LogP contribution >= 0.6 is 23.2 Å². The van der Waals surface area contributed by atoms with Crippen LogP contribution in [-0.2, 0) is 22.6 Å². The van der Waals surface area contributed by atoms with Crippen molar-refractivity contribution in [2.45, 2.75) is 13.1 Å². The molecular weight excluding hydrogens is 397 g/mol. The number of nitrogens with zero attached hydrogens (tertiary/aromatic N) is 2. The Kier molecular flexibility index (Phi) is 7.71. The van der Waals surface area contributed by atoms with Crippen LogP contribution in [0.25, 0.3) is 0 Å². The van der Waals surface area contributed by atoms with Crippen molar-refractivity contribution in [2.75, 3.05) is 45.2 Å². The Morgan fingerprint density at radius 3 is 2.57 bits per heavy atom. The van der Waals surface area contributed by atoms with E-state index in [1.54, 1.807) is 6.07 Å². The van der Waals surface area contributed by atoms with E-state index in [2.05, 4.69) is 22.3 Å². The number of nitrogens with one attached hydrogen (secondary N) is 1. The number of hydrogen-bond donors (Lipinski definition) is 1. The molecular formula is C21H25Cl2N3O2. The predicted octanol–water partition coefficient (Wildman–Crippen LogP) is 3.90. The SMILES string of the molecule is CN(CC(=O)Nc1ccc(CN2CCOCC2)cc1)Cc1cccc(Cl)c1Cl. The van der Waals surface area contributed by atoms with Crippen molar-refractivity contribution in [1.82, 2.24) is 9.80 Å². The molecule has 0 saturated carbocycles. The molecule has 0 aliphatic carbocycles. The molecule has 1 amide bonds. The topological polar surface area (TPSA) is 44.8 Å². The molecule has 2 aromatic carbocycles. The number of halogens is 2. The Bertz CT molecular complexity index is 793. The first kappa shape index (κ1) is 21.1. The lowest BCUT2D eigenvalue weighted by Crippen LogP contribution is -2.35. The minimum Gasteiger partial charge on any atom is -0.379 e. The summed E-state index contributed by atoms with van der Waals surface area (Å²) in [5, 5.41) is 4.00. The van der Waals surface area contributed by atoms with E-state index < -0.39 is 0 Å². The largest absolute Gasteiger partial charge is 0.379 e. The standard InChI is InChI=1S/C21H25Cl2N3O2/c1-25(14-17-3-2-4-19(22)21(17)23)15-20(27)24-18-7-5-16(6-8-18)13-26-9-11-28-12-10-26/h2-8H,9-15H2,1H3,(H,24,27). The number of ether oxygens (including phenoxy) is 1. The second-order valence-electron chi connectivity index (χ2n) is 7.02. The molecule has 7 heteroatoms. The van der Waals surface area contributed by atoms with Crippen LogP contribution in [0.3, 0.4) is 0 Å². The van der Waals surface area contributed by atoms with E-state index in [9.17, 15) is 4.79 Å². The van der Waals surface area contributed by atoms with Crippen LogP contribution in [0.15, 0.2) is 42.5 Å². The van der Waals surface area contributed by atoms with Crippen LogP contribution in [0.5, 0.6) is 0 Å². The number of morpholine rings is 1. The van der Waals surface area contributed by atoms with Crippen molar-refractivity contribution >= 4 is 34.8 Å². The summed E-state index contributed by atoms with van der Waals surface area (Å²) in [5.74, 6) is -0.0680. The summed E-state index contributed by atoms with van der Waals surface area (Å²) in [5.41, 5.74) is 2.93. The van der Waals surface area contributed by atoms with E-state index in [0.29, 0.717) is 16.6 Å². The Morgan fingerprint density at radius 2 is 1.86 bits per heavy atom. The van der Waals surface area contributed by atoms with Gasteiger partial charge in [-0.15, -0.1) is 0 Å². The molecule has 2 aromatic rings. The zero-order chi connectivity index (χ0) is 19.9. The van der Waals surface area contributed by atoms with E-state index in [0.717, 1.165) is 44.1 Å². The van der Waals surface area contributed by atoms with E-state index in [4.69, 9.17) is 27.9 Å². The summed E-state index contributed by atoms with van der Waals surface area (Å²) >= 11 is 12.3. The highest BCUT2D eigenvalue weighted by Crippen LogP contribution is 2.26. The van der Waals surface area contributed by atoms with Gasteiger partial charge in [-0.05, 0) is 36.4 Å². The molecule has 150 valence electrons. The third kappa shape index (κ3) is 6.19. The fourth-order valence-corrected chi connectivity index (χ4v) is 3.55. The number of anilines is 1. The summed E-state index contributed by atoms with van der Waals surface area (Å²) in [7, 11) is 1.88. The lowest BCUT2D eigenvalue weighted by atomic mass is 10.2. The highest BCUT2D eigenvalue weighted by atomic mass is 35.5. The molecule has 0 aromatic heterocycles. The molecule has 0 spiro atoms. The summed E-state index contributed by atoms with van der Waals surface area (Å²) in [6, 6.07) is 13.5. The van der Waals surface area contributed by atoms with Crippen molar-refractivity contribution in [3.63, 3.8) is 0 Å². The first-order valence-electron chi connectivity index (χ1n) is 9.31.